The van der Waals surface area contributed by atoms with Gasteiger partial charge in [-0.05, 0) is 22.9 Å². The minimum absolute atomic E-state index is 0.0790. The van der Waals surface area contributed by atoms with Crippen LogP contribution in [0.3, 0.4) is 0 Å². The number of aliphatic hydroxyl groups is 1. The zero-order valence-corrected chi connectivity index (χ0v) is 10.0. The van der Waals surface area contributed by atoms with Crippen molar-refractivity contribution in [3.05, 3.63) is 10.8 Å². The minimum atomic E-state index is 0.0790. The number of likely N-dealkylation sites (N-methyl/N-ethyl adjacent to an activating group) is 1. The van der Waals surface area contributed by atoms with E-state index < -0.39 is 0 Å². The Balaban J connectivity index is 3.01. The average molecular weight is 276 g/mol. The molecule has 1 rings (SSSR count). The molecule has 0 saturated heterocycles. The standard InChI is InChI=1S/C8H14BrN5O/c1-2-14(3-4-15)8-6(9)7(13-10)11-5-12-8/h5,15H,2-4,10H2,1H3,(H,11,12,13). The predicted molar refractivity (Wildman–Crippen MR) is 62.5 cm³/mol. The van der Waals surface area contributed by atoms with Gasteiger partial charge in [-0.3, -0.25) is 0 Å². The molecule has 0 aliphatic rings. The highest BCUT2D eigenvalue weighted by molar-refractivity contribution is 9.10. The van der Waals surface area contributed by atoms with Crippen LogP contribution in [-0.4, -0.2) is 34.8 Å². The summed E-state index contributed by atoms with van der Waals surface area (Å²) in [6.45, 7) is 3.34. The Kier molecular flexibility index (Phi) is 4.73. The van der Waals surface area contributed by atoms with Crippen LogP contribution in [0.5, 0.6) is 0 Å². The van der Waals surface area contributed by atoms with E-state index in [1.807, 2.05) is 11.8 Å². The first-order valence-electron chi connectivity index (χ1n) is 4.57. The second-order valence-electron chi connectivity index (χ2n) is 2.81. The maximum atomic E-state index is 8.91. The Labute approximate surface area is 96.6 Å². The molecule has 15 heavy (non-hydrogen) atoms. The lowest BCUT2D eigenvalue weighted by Gasteiger charge is -2.22. The summed E-state index contributed by atoms with van der Waals surface area (Å²) in [6.07, 6.45) is 1.43. The summed E-state index contributed by atoms with van der Waals surface area (Å²) in [5.74, 6) is 6.54. The highest BCUT2D eigenvalue weighted by Crippen LogP contribution is 2.28. The number of rotatable bonds is 5. The van der Waals surface area contributed by atoms with Gasteiger partial charge < -0.3 is 15.4 Å². The highest BCUT2D eigenvalue weighted by Gasteiger charge is 2.12. The fraction of sp³-hybridized carbons (Fsp3) is 0.500. The number of halogens is 1. The van der Waals surface area contributed by atoms with Crippen molar-refractivity contribution in [1.82, 2.24) is 9.97 Å². The lowest BCUT2D eigenvalue weighted by atomic mass is 10.4. The van der Waals surface area contributed by atoms with Gasteiger partial charge in [-0.2, -0.15) is 0 Å². The fourth-order valence-corrected chi connectivity index (χ4v) is 1.79. The minimum Gasteiger partial charge on any atom is -0.395 e. The van der Waals surface area contributed by atoms with Crippen molar-refractivity contribution in [2.45, 2.75) is 6.92 Å². The van der Waals surface area contributed by atoms with Crippen molar-refractivity contribution in [3.63, 3.8) is 0 Å². The molecule has 0 aromatic carbocycles. The van der Waals surface area contributed by atoms with Crippen LogP contribution in [0.1, 0.15) is 6.92 Å². The molecule has 0 fully saturated rings. The predicted octanol–water partition coefficient (Wildman–Crippen LogP) is 0.343. The van der Waals surface area contributed by atoms with Gasteiger partial charge in [0.1, 0.15) is 16.6 Å². The molecular formula is C8H14BrN5O. The number of nitrogens with zero attached hydrogens (tertiary/aromatic N) is 3. The van der Waals surface area contributed by atoms with Crippen molar-refractivity contribution in [3.8, 4) is 0 Å². The lowest BCUT2D eigenvalue weighted by Crippen LogP contribution is -2.28. The first-order valence-corrected chi connectivity index (χ1v) is 5.36. The number of nitrogen functional groups attached to an aromatic ring is 1. The van der Waals surface area contributed by atoms with Gasteiger partial charge in [-0.1, -0.05) is 0 Å². The maximum Gasteiger partial charge on any atom is 0.159 e. The Morgan fingerprint density at radius 2 is 2.33 bits per heavy atom. The quantitative estimate of drug-likeness (QED) is 0.531. The summed E-state index contributed by atoms with van der Waals surface area (Å²) in [6, 6.07) is 0. The van der Waals surface area contributed by atoms with Gasteiger partial charge in [0.15, 0.2) is 5.82 Å². The zero-order valence-electron chi connectivity index (χ0n) is 8.44. The lowest BCUT2D eigenvalue weighted by molar-refractivity contribution is 0.302. The molecule has 84 valence electrons. The normalized spacial score (nSPS) is 10.1. The molecule has 1 heterocycles. The van der Waals surface area contributed by atoms with Crippen LogP contribution in [0, 0.1) is 0 Å². The summed E-state index contributed by atoms with van der Waals surface area (Å²) >= 11 is 3.36. The second-order valence-corrected chi connectivity index (χ2v) is 3.60. The van der Waals surface area contributed by atoms with E-state index in [9.17, 15) is 0 Å². The van der Waals surface area contributed by atoms with E-state index in [2.05, 4.69) is 31.3 Å². The summed E-state index contributed by atoms with van der Waals surface area (Å²) in [7, 11) is 0. The van der Waals surface area contributed by atoms with E-state index in [-0.39, 0.29) is 6.61 Å². The number of anilines is 2. The number of hydrogen-bond acceptors (Lipinski definition) is 6. The van der Waals surface area contributed by atoms with Crippen molar-refractivity contribution in [2.75, 3.05) is 30.0 Å². The van der Waals surface area contributed by atoms with Crippen LogP contribution in [-0.2, 0) is 0 Å². The highest BCUT2D eigenvalue weighted by atomic mass is 79.9. The molecule has 1 aromatic heterocycles. The van der Waals surface area contributed by atoms with Crippen LogP contribution < -0.4 is 16.2 Å². The Bertz CT molecular complexity index is 322. The van der Waals surface area contributed by atoms with Crippen molar-refractivity contribution in [1.29, 1.82) is 0 Å². The number of aliphatic hydroxyl groups excluding tert-OH is 1. The van der Waals surface area contributed by atoms with E-state index in [0.29, 0.717) is 16.8 Å². The molecule has 6 nitrogen and oxygen atoms in total. The molecule has 0 aliphatic heterocycles. The molecule has 0 atom stereocenters. The van der Waals surface area contributed by atoms with Crippen molar-refractivity contribution < 1.29 is 5.11 Å². The van der Waals surface area contributed by atoms with Gasteiger partial charge in [-0.25, -0.2) is 15.8 Å². The van der Waals surface area contributed by atoms with Crippen LogP contribution in [0.2, 0.25) is 0 Å². The number of hydrogen-bond donors (Lipinski definition) is 3. The van der Waals surface area contributed by atoms with E-state index >= 15 is 0 Å². The SMILES string of the molecule is CCN(CCO)c1ncnc(NN)c1Br. The first kappa shape index (κ1) is 12.2. The Hall–Kier alpha value is -0.920. The van der Waals surface area contributed by atoms with Gasteiger partial charge in [0.25, 0.3) is 0 Å². The van der Waals surface area contributed by atoms with E-state index in [4.69, 9.17) is 10.9 Å². The molecule has 0 saturated carbocycles. The number of hydrazine groups is 1. The number of nitrogens with one attached hydrogen (secondary N) is 1. The molecule has 0 aliphatic carbocycles. The summed E-state index contributed by atoms with van der Waals surface area (Å²) < 4.78 is 0.697. The monoisotopic (exact) mass is 275 g/mol. The van der Waals surface area contributed by atoms with E-state index in [0.717, 1.165) is 12.4 Å². The largest absolute Gasteiger partial charge is 0.395 e. The van der Waals surface area contributed by atoms with Crippen LogP contribution >= 0.6 is 15.9 Å². The third-order valence-electron chi connectivity index (χ3n) is 1.96. The topological polar surface area (TPSA) is 87.3 Å². The van der Waals surface area contributed by atoms with Gasteiger partial charge in [0, 0.05) is 13.1 Å². The van der Waals surface area contributed by atoms with Crippen LogP contribution in [0.4, 0.5) is 11.6 Å². The van der Waals surface area contributed by atoms with Crippen LogP contribution in [0.25, 0.3) is 0 Å². The molecule has 0 bridgehead atoms. The first-order chi connectivity index (χ1) is 7.24. The van der Waals surface area contributed by atoms with Gasteiger partial charge in [0.05, 0.1) is 6.61 Å². The fourth-order valence-electron chi connectivity index (χ4n) is 1.22. The Morgan fingerprint density at radius 1 is 1.60 bits per heavy atom. The van der Waals surface area contributed by atoms with Gasteiger partial charge >= 0.3 is 0 Å². The van der Waals surface area contributed by atoms with Crippen molar-refractivity contribution >= 4 is 27.6 Å². The average Bonchev–Trinajstić information content (AvgIpc) is 2.27. The molecule has 4 N–H and O–H groups in total. The van der Waals surface area contributed by atoms with E-state index in [1.165, 1.54) is 6.33 Å². The smallest absolute Gasteiger partial charge is 0.159 e. The second kappa shape index (κ2) is 5.84. The summed E-state index contributed by atoms with van der Waals surface area (Å²) in [5, 5.41) is 8.91. The van der Waals surface area contributed by atoms with Crippen molar-refractivity contribution in [2.24, 2.45) is 5.84 Å². The molecule has 0 unspecified atom stereocenters. The molecule has 1 aromatic rings. The number of aromatic nitrogens is 2. The van der Waals surface area contributed by atoms with E-state index in [1.54, 1.807) is 0 Å². The Morgan fingerprint density at radius 3 is 2.87 bits per heavy atom. The van der Waals surface area contributed by atoms with Gasteiger partial charge in [-0.15, -0.1) is 0 Å². The molecular weight excluding hydrogens is 262 g/mol. The van der Waals surface area contributed by atoms with Crippen LogP contribution in [0.15, 0.2) is 10.8 Å². The summed E-state index contributed by atoms with van der Waals surface area (Å²) in [5.41, 5.74) is 2.47. The number of nitrogens with two attached hydrogens (primary N) is 1. The molecule has 7 heteroatoms. The third-order valence-corrected chi connectivity index (χ3v) is 2.69. The maximum absolute atomic E-state index is 8.91. The molecule has 0 radical (unpaired) electrons. The summed E-state index contributed by atoms with van der Waals surface area (Å²) in [4.78, 5) is 10.0. The molecule has 0 amide bonds. The zero-order chi connectivity index (χ0) is 11.3. The van der Waals surface area contributed by atoms with Gasteiger partial charge in [0.2, 0.25) is 0 Å². The molecule has 0 spiro atoms. The third kappa shape index (κ3) is 2.77.